The number of aryl methyl sites for hydroxylation is 1. The first kappa shape index (κ1) is 20.7. The maximum Gasteiger partial charge on any atom is 0.243 e. The molecule has 9 heteroatoms. The summed E-state index contributed by atoms with van der Waals surface area (Å²) < 4.78 is 3.75. The minimum Gasteiger partial charge on any atom is -0.371 e. The van der Waals surface area contributed by atoms with Crippen molar-refractivity contribution in [2.24, 2.45) is 5.41 Å². The summed E-state index contributed by atoms with van der Waals surface area (Å²) in [6, 6.07) is 6.41. The lowest BCUT2D eigenvalue weighted by atomic mass is 9.76. The van der Waals surface area contributed by atoms with Crippen LogP contribution in [0.2, 0.25) is 0 Å². The lowest BCUT2D eigenvalue weighted by Gasteiger charge is -2.34. The fourth-order valence-electron chi connectivity index (χ4n) is 4.56. The van der Waals surface area contributed by atoms with Crippen LogP contribution in [0, 0.1) is 5.41 Å². The molecule has 4 aromatic heterocycles. The summed E-state index contributed by atoms with van der Waals surface area (Å²) in [5, 5.41) is 20.0. The molecular formula is C23H31N9. The average molecular weight is 434 g/mol. The Hall–Kier alpha value is -3.23. The molecule has 0 amide bonds. The molecule has 1 aliphatic carbocycles. The van der Waals surface area contributed by atoms with Gasteiger partial charge >= 0.3 is 0 Å². The number of pyridine rings is 1. The fourth-order valence-corrected chi connectivity index (χ4v) is 4.56. The van der Waals surface area contributed by atoms with Crippen molar-refractivity contribution >= 4 is 28.4 Å². The van der Waals surface area contributed by atoms with Crippen LogP contribution in [0.5, 0.6) is 0 Å². The predicted molar refractivity (Wildman–Crippen MR) is 127 cm³/mol. The van der Waals surface area contributed by atoms with Gasteiger partial charge in [-0.1, -0.05) is 26.0 Å². The number of anilines is 2. The molecule has 1 fully saturated rings. The molecule has 0 unspecified atom stereocenters. The Labute approximate surface area is 187 Å². The van der Waals surface area contributed by atoms with Gasteiger partial charge in [0.2, 0.25) is 5.95 Å². The van der Waals surface area contributed by atoms with E-state index >= 15 is 0 Å². The van der Waals surface area contributed by atoms with Crippen LogP contribution in [-0.2, 0) is 6.54 Å². The number of rotatable bonds is 6. The summed E-state index contributed by atoms with van der Waals surface area (Å²) in [5.74, 6) is 1.43. The van der Waals surface area contributed by atoms with E-state index in [4.69, 9.17) is 15.1 Å². The van der Waals surface area contributed by atoms with Crippen LogP contribution in [0.3, 0.4) is 0 Å². The summed E-state index contributed by atoms with van der Waals surface area (Å²) in [7, 11) is 1.89. The third kappa shape index (κ3) is 3.76. The molecule has 0 spiro atoms. The van der Waals surface area contributed by atoms with Crippen molar-refractivity contribution in [3.8, 4) is 11.3 Å². The molecule has 168 valence electrons. The van der Waals surface area contributed by atoms with Crippen LogP contribution >= 0.6 is 0 Å². The van der Waals surface area contributed by atoms with Gasteiger partial charge in [0.25, 0.3) is 0 Å². The highest BCUT2D eigenvalue weighted by molar-refractivity contribution is 5.89. The normalized spacial score (nSPS) is 16.6. The van der Waals surface area contributed by atoms with E-state index in [1.54, 1.807) is 0 Å². The van der Waals surface area contributed by atoms with Crippen LogP contribution in [-0.4, -0.2) is 47.7 Å². The summed E-state index contributed by atoms with van der Waals surface area (Å²) >= 11 is 0. The molecule has 1 saturated carbocycles. The molecule has 0 aliphatic heterocycles. The Morgan fingerprint density at radius 3 is 2.69 bits per heavy atom. The van der Waals surface area contributed by atoms with Crippen molar-refractivity contribution in [3.05, 3.63) is 24.4 Å². The smallest absolute Gasteiger partial charge is 0.243 e. The molecule has 0 aromatic carbocycles. The molecule has 4 aromatic rings. The van der Waals surface area contributed by atoms with Crippen LogP contribution < -0.4 is 10.6 Å². The van der Waals surface area contributed by atoms with Crippen molar-refractivity contribution in [2.45, 2.75) is 65.5 Å². The van der Waals surface area contributed by atoms with Gasteiger partial charge in [-0.2, -0.15) is 4.98 Å². The van der Waals surface area contributed by atoms with E-state index in [2.05, 4.69) is 41.7 Å². The van der Waals surface area contributed by atoms with E-state index in [0.717, 1.165) is 59.6 Å². The third-order valence-electron chi connectivity index (χ3n) is 6.49. The standard InChI is InChI=1S/C23H31N9/c1-5-13-32-21-18(28-30-32)7-6-17(26-21)16-10-14-31-19(16)20(24-4)27-22(29-31)25-15-8-11-23(2,3)12-9-15/h6-7,10,14-15H,5,8-9,11-13H2,1-4H3,(H2,24,25,27,29). The topological polar surface area (TPSA) is 97.9 Å². The number of hydrogen-bond donors (Lipinski definition) is 2. The zero-order valence-electron chi connectivity index (χ0n) is 19.3. The summed E-state index contributed by atoms with van der Waals surface area (Å²) in [4.78, 5) is 9.67. The van der Waals surface area contributed by atoms with E-state index in [1.807, 2.05) is 40.6 Å². The average Bonchev–Trinajstić information content (AvgIpc) is 3.39. The first-order chi connectivity index (χ1) is 15.5. The van der Waals surface area contributed by atoms with Crippen LogP contribution in [0.4, 0.5) is 11.8 Å². The monoisotopic (exact) mass is 433 g/mol. The van der Waals surface area contributed by atoms with Crippen molar-refractivity contribution in [3.63, 3.8) is 0 Å². The Bertz CT molecular complexity index is 1240. The lowest BCUT2D eigenvalue weighted by molar-refractivity contribution is 0.232. The molecule has 2 N–H and O–H groups in total. The highest BCUT2D eigenvalue weighted by Crippen LogP contribution is 2.36. The second kappa shape index (κ2) is 8.03. The molecule has 0 bridgehead atoms. The fraction of sp³-hybridized carbons (Fsp3) is 0.522. The maximum atomic E-state index is 4.88. The number of hydrogen-bond acceptors (Lipinski definition) is 7. The van der Waals surface area contributed by atoms with E-state index < -0.39 is 0 Å². The van der Waals surface area contributed by atoms with Gasteiger partial charge in [0, 0.05) is 31.4 Å². The second-order valence-electron chi connectivity index (χ2n) is 9.49. The van der Waals surface area contributed by atoms with Crippen LogP contribution in [0.1, 0.15) is 52.9 Å². The SMILES string of the molecule is CCCn1nnc2ccc(-c3ccn4nc(NC5CCC(C)(C)CC5)nc(NC)c34)nc21. The molecule has 32 heavy (non-hydrogen) atoms. The minimum absolute atomic E-state index is 0.413. The second-order valence-corrected chi connectivity index (χ2v) is 9.49. The van der Waals surface area contributed by atoms with Gasteiger partial charge in [0.15, 0.2) is 11.5 Å². The Balaban J connectivity index is 1.49. The van der Waals surface area contributed by atoms with Crippen molar-refractivity contribution < 1.29 is 0 Å². The molecule has 5 rings (SSSR count). The van der Waals surface area contributed by atoms with E-state index in [-0.39, 0.29) is 0 Å². The zero-order valence-corrected chi connectivity index (χ0v) is 19.3. The minimum atomic E-state index is 0.413. The quantitative estimate of drug-likeness (QED) is 0.466. The molecule has 0 radical (unpaired) electrons. The Morgan fingerprint density at radius 1 is 1.12 bits per heavy atom. The van der Waals surface area contributed by atoms with Gasteiger partial charge in [-0.05, 0) is 55.7 Å². The molecule has 0 atom stereocenters. The van der Waals surface area contributed by atoms with Crippen molar-refractivity contribution in [1.82, 2.24) is 34.6 Å². The van der Waals surface area contributed by atoms with E-state index in [0.29, 0.717) is 17.4 Å². The van der Waals surface area contributed by atoms with Crippen LogP contribution in [0.15, 0.2) is 24.4 Å². The third-order valence-corrected chi connectivity index (χ3v) is 6.49. The number of fused-ring (bicyclic) bond motifs is 2. The lowest BCUT2D eigenvalue weighted by Crippen LogP contribution is -2.30. The summed E-state index contributed by atoms with van der Waals surface area (Å²) in [6.45, 7) is 7.61. The van der Waals surface area contributed by atoms with Gasteiger partial charge < -0.3 is 10.6 Å². The largest absolute Gasteiger partial charge is 0.371 e. The molecule has 9 nitrogen and oxygen atoms in total. The Kier molecular flexibility index (Phi) is 5.19. The van der Waals surface area contributed by atoms with Gasteiger partial charge in [-0.3, -0.25) is 0 Å². The van der Waals surface area contributed by atoms with Crippen molar-refractivity contribution in [2.75, 3.05) is 17.7 Å². The Morgan fingerprint density at radius 2 is 1.94 bits per heavy atom. The highest BCUT2D eigenvalue weighted by Gasteiger charge is 2.27. The molecule has 4 heterocycles. The first-order valence-corrected chi connectivity index (χ1v) is 11.5. The predicted octanol–water partition coefficient (Wildman–Crippen LogP) is 4.37. The highest BCUT2D eigenvalue weighted by atomic mass is 15.4. The van der Waals surface area contributed by atoms with Crippen molar-refractivity contribution in [1.29, 1.82) is 0 Å². The van der Waals surface area contributed by atoms with E-state index in [1.165, 1.54) is 12.8 Å². The van der Waals surface area contributed by atoms with Gasteiger partial charge in [-0.25, -0.2) is 14.2 Å². The van der Waals surface area contributed by atoms with Gasteiger partial charge in [0.1, 0.15) is 11.0 Å². The van der Waals surface area contributed by atoms with Crippen LogP contribution in [0.25, 0.3) is 27.9 Å². The summed E-state index contributed by atoms with van der Waals surface area (Å²) in [6.07, 6.45) is 7.67. The molecule has 1 aliphatic rings. The van der Waals surface area contributed by atoms with Gasteiger partial charge in [0.05, 0.1) is 5.69 Å². The zero-order chi connectivity index (χ0) is 22.3. The first-order valence-electron chi connectivity index (χ1n) is 11.5. The van der Waals surface area contributed by atoms with Gasteiger partial charge in [-0.15, -0.1) is 10.2 Å². The number of nitrogens with zero attached hydrogens (tertiary/aromatic N) is 7. The number of nitrogens with one attached hydrogen (secondary N) is 2. The summed E-state index contributed by atoms with van der Waals surface area (Å²) in [5.41, 5.74) is 4.78. The van der Waals surface area contributed by atoms with E-state index in [9.17, 15) is 0 Å². The maximum absolute atomic E-state index is 4.88. The number of aromatic nitrogens is 7. The molecular weight excluding hydrogens is 402 g/mol. The molecule has 0 saturated heterocycles.